The van der Waals surface area contributed by atoms with Crippen LogP contribution in [0.15, 0.2) is 47.1 Å². The van der Waals surface area contributed by atoms with Crippen LogP contribution in [-0.4, -0.2) is 36.4 Å². The maximum Gasteiger partial charge on any atom is 0.324 e. The van der Waals surface area contributed by atoms with Crippen LogP contribution in [0.3, 0.4) is 0 Å². The van der Waals surface area contributed by atoms with E-state index in [-0.39, 0.29) is 0 Å². The fraction of sp³-hybridized carbons (Fsp3) is 0.333. The van der Waals surface area contributed by atoms with Gasteiger partial charge < -0.3 is 23.9 Å². The van der Waals surface area contributed by atoms with E-state index in [4.69, 9.17) is 18.9 Å². The van der Waals surface area contributed by atoms with Gasteiger partial charge in [0.2, 0.25) is 0 Å². The molecule has 2 aromatic carbocycles. The van der Waals surface area contributed by atoms with Gasteiger partial charge in [-0.25, -0.2) is 0 Å². The van der Waals surface area contributed by atoms with Crippen LogP contribution in [0.25, 0.3) is 10.9 Å². The molecule has 0 saturated carbocycles. The number of para-hydroxylation sites is 1. The minimum Gasteiger partial charge on any atom is -0.493 e. The molecule has 1 atom stereocenters. The van der Waals surface area contributed by atoms with Crippen LogP contribution in [0.4, 0.5) is 0 Å². The molecule has 1 saturated heterocycles. The van der Waals surface area contributed by atoms with Gasteiger partial charge in [-0.05, 0) is 52.2 Å². The van der Waals surface area contributed by atoms with Gasteiger partial charge in [-0.2, -0.15) is 0 Å². The monoisotopic (exact) mass is 501 g/mol. The highest BCUT2D eigenvalue weighted by Gasteiger charge is 2.48. The summed E-state index contributed by atoms with van der Waals surface area (Å²) < 4.78 is 22.8. The number of methoxy groups -OCH3 is 1. The zero-order valence-electron chi connectivity index (χ0n) is 18.2. The predicted molar refractivity (Wildman–Crippen MR) is 122 cm³/mol. The molecule has 1 aliphatic heterocycles. The van der Waals surface area contributed by atoms with Gasteiger partial charge in [-0.15, -0.1) is 0 Å². The van der Waals surface area contributed by atoms with Crippen molar-refractivity contribution in [2.45, 2.75) is 32.5 Å². The Bertz CT molecular complexity index is 1160. The van der Waals surface area contributed by atoms with Crippen molar-refractivity contribution in [2.75, 3.05) is 13.7 Å². The van der Waals surface area contributed by atoms with Gasteiger partial charge in [-0.1, -0.05) is 18.2 Å². The topological polar surface area (TPSA) is 86.9 Å². The molecule has 1 fully saturated rings. The molecule has 0 spiro atoms. The third-order valence-corrected chi connectivity index (χ3v) is 5.98. The Kier molecular flexibility index (Phi) is 5.90. The quantitative estimate of drug-likeness (QED) is 0.380. The second-order valence-electron chi connectivity index (χ2n) is 7.95. The molecule has 4 rings (SSSR count). The molecule has 0 radical (unpaired) electrons. The Morgan fingerprint density at radius 2 is 1.84 bits per heavy atom. The number of benzene rings is 2. The van der Waals surface area contributed by atoms with E-state index in [1.54, 1.807) is 13.2 Å². The van der Waals surface area contributed by atoms with Gasteiger partial charge in [0.15, 0.2) is 17.4 Å². The molecular weight excluding hydrogens is 478 g/mol. The largest absolute Gasteiger partial charge is 0.493 e. The molecule has 0 amide bonds. The van der Waals surface area contributed by atoms with E-state index in [0.29, 0.717) is 28.1 Å². The number of esters is 2. The zero-order chi connectivity index (χ0) is 23.0. The van der Waals surface area contributed by atoms with Crippen LogP contribution in [0.2, 0.25) is 0 Å². The van der Waals surface area contributed by atoms with Crippen molar-refractivity contribution in [2.24, 2.45) is 5.92 Å². The van der Waals surface area contributed by atoms with Crippen LogP contribution in [0.1, 0.15) is 37.8 Å². The number of fused-ring (bicyclic) bond motifs is 1. The number of cyclic esters (lactones) is 2. The molecule has 0 bridgehead atoms. The van der Waals surface area contributed by atoms with Gasteiger partial charge >= 0.3 is 11.9 Å². The van der Waals surface area contributed by atoms with Gasteiger partial charge in [0, 0.05) is 36.9 Å². The highest BCUT2D eigenvalue weighted by Crippen LogP contribution is 2.45. The zero-order valence-corrected chi connectivity index (χ0v) is 19.8. The average Bonchev–Trinajstić information content (AvgIpc) is 3.15. The Balaban J connectivity index is 1.92. The minimum atomic E-state index is -1.31. The first-order valence-electron chi connectivity index (χ1n) is 10.3. The summed E-state index contributed by atoms with van der Waals surface area (Å²) in [7, 11) is 1.54. The summed E-state index contributed by atoms with van der Waals surface area (Å²) in [6, 6.07) is 11.3. The van der Waals surface area contributed by atoms with E-state index in [0.717, 1.165) is 16.5 Å². The molecular formula is C24H24BrNO6. The van der Waals surface area contributed by atoms with Crippen molar-refractivity contribution < 1.29 is 28.5 Å². The van der Waals surface area contributed by atoms with Crippen molar-refractivity contribution in [3.63, 3.8) is 0 Å². The maximum absolute atomic E-state index is 13.1. The summed E-state index contributed by atoms with van der Waals surface area (Å²) >= 11 is 3.55. The molecule has 32 heavy (non-hydrogen) atoms. The van der Waals surface area contributed by atoms with Crippen LogP contribution in [0.5, 0.6) is 11.5 Å². The summed E-state index contributed by atoms with van der Waals surface area (Å²) in [6.07, 6.45) is 1.81. The average molecular weight is 502 g/mol. The third-order valence-electron chi connectivity index (χ3n) is 5.39. The first kappa shape index (κ1) is 22.2. The first-order valence-corrected chi connectivity index (χ1v) is 11.1. The van der Waals surface area contributed by atoms with E-state index >= 15 is 0 Å². The number of carbonyl (C=O) groups excluding carboxylic acids is 2. The minimum absolute atomic E-state index is 0.455. The lowest BCUT2D eigenvalue weighted by Gasteiger charge is -2.36. The SMILES string of the molecule is CCOc1c(Br)cc([C@H](c2c[nH]c3ccccc23)C2C(=O)OC(C)(C)OC2=O)cc1OC. The lowest BCUT2D eigenvalue weighted by molar-refractivity contribution is -0.240. The molecule has 1 aliphatic rings. The summed E-state index contributed by atoms with van der Waals surface area (Å²) in [5.74, 6) is -3.41. The van der Waals surface area contributed by atoms with Crippen LogP contribution < -0.4 is 9.47 Å². The number of rotatable bonds is 6. The summed E-state index contributed by atoms with van der Waals surface area (Å²) in [5, 5.41) is 0.895. The van der Waals surface area contributed by atoms with E-state index in [9.17, 15) is 9.59 Å². The fourth-order valence-electron chi connectivity index (χ4n) is 4.11. The predicted octanol–water partition coefficient (Wildman–Crippen LogP) is 4.92. The van der Waals surface area contributed by atoms with Crippen molar-refractivity contribution in [3.05, 3.63) is 58.2 Å². The Hall–Kier alpha value is -3.00. The molecule has 0 unspecified atom stereocenters. The molecule has 8 heteroatoms. The van der Waals surface area contributed by atoms with Crippen molar-refractivity contribution in [3.8, 4) is 11.5 Å². The molecule has 0 aliphatic carbocycles. The second-order valence-corrected chi connectivity index (χ2v) is 8.81. The molecule has 1 N–H and O–H groups in total. The summed E-state index contributed by atoms with van der Waals surface area (Å²) in [6.45, 7) is 5.41. The molecule has 168 valence electrons. The Morgan fingerprint density at radius 1 is 1.16 bits per heavy atom. The van der Waals surface area contributed by atoms with E-state index in [2.05, 4.69) is 20.9 Å². The Morgan fingerprint density at radius 3 is 2.50 bits per heavy atom. The normalized spacial score (nSPS) is 17.0. The van der Waals surface area contributed by atoms with Gasteiger partial charge in [-0.3, -0.25) is 9.59 Å². The van der Waals surface area contributed by atoms with Crippen LogP contribution in [0, 0.1) is 5.92 Å². The number of ether oxygens (including phenoxy) is 4. The molecule has 3 aromatic rings. The molecule has 2 heterocycles. The number of H-pyrrole nitrogens is 1. The number of aromatic nitrogens is 1. The number of hydrogen-bond acceptors (Lipinski definition) is 6. The van der Waals surface area contributed by atoms with Crippen LogP contribution >= 0.6 is 15.9 Å². The third kappa shape index (κ3) is 3.95. The van der Waals surface area contributed by atoms with Gasteiger partial charge in [0.05, 0.1) is 18.2 Å². The van der Waals surface area contributed by atoms with E-state index < -0.39 is 29.6 Å². The first-order chi connectivity index (χ1) is 15.3. The lowest BCUT2D eigenvalue weighted by atomic mass is 9.80. The van der Waals surface area contributed by atoms with E-state index in [1.165, 1.54) is 13.8 Å². The van der Waals surface area contributed by atoms with Crippen LogP contribution in [-0.2, 0) is 19.1 Å². The lowest BCUT2D eigenvalue weighted by Crippen LogP contribution is -2.48. The number of hydrogen-bond donors (Lipinski definition) is 1. The summed E-state index contributed by atoms with van der Waals surface area (Å²) in [4.78, 5) is 29.4. The summed E-state index contributed by atoms with van der Waals surface area (Å²) in [5.41, 5.74) is 2.35. The standard InChI is InChI=1S/C24H24BrNO6/c1-5-30-21-16(25)10-13(11-18(21)29-4)19(15-12-26-17-9-7-6-8-14(15)17)20-22(27)31-24(2,3)32-23(20)28/h6-12,19-20,26H,5H2,1-4H3/t19-/m1/s1. The van der Waals surface area contributed by atoms with Crippen molar-refractivity contribution >= 4 is 38.8 Å². The van der Waals surface area contributed by atoms with Gasteiger partial charge in [0.25, 0.3) is 5.79 Å². The van der Waals surface area contributed by atoms with Gasteiger partial charge in [0.1, 0.15) is 0 Å². The fourth-order valence-corrected chi connectivity index (χ4v) is 4.68. The number of aromatic amines is 1. The highest BCUT2D eigenvalue weighted by molar-refractivity contribution is 9.10. The number of halogens is 1. The highest BCUT2D eigenvalue weighted by atomic mass is 79.9. The maximum atomic E-state index is 13.1. The smallest absolute Gasteiger partial charge is 0.324 e. The number of carbonyl (C=O) groups is 2. The Labute approximate surface area is 194 Å². The number of nitrogens with one attached hydrogen (secondary N) is 1. The van der Waals surface area contributed by atoms with Crippen molar-refractivity contribution in [1.29, 1.82) is 0 Å². The molecule has 7 nitrogen and oxygen atoms in total. The van der Waals surface area contributed by atoms with E-state index in [1.807, 2.05) is 43.5 Å². The molecule has 1 aromatic heterocycles. The van der Waals surface area contributed by atoms with Crippen molar-refractivity contribution in [1.82, 2.24) is 4.98 Å². The second kappa shape index (κ2) is 8.50.